The minimum absolute atomic E-state index is 0.0500. The van der Waals surface area contributed by atoms with Crippen LogP contribution in [-0.4, -0.2) is 5.78 Å². The molecular formula is C17H21ClO2. The Bertz CT molecular complexity index is 619. The Morgan fingerprint density at radius 3 is 2.65 bits per heavy atom. The van der Waals surface area contributed by atoms with Crippen LogP contribution < -0.4 is 0 Å². The summed E-state index contributed by atoms with van der Waals surface area (Å²) in [5.41, 5.74) is 0.831. The largest absolute Gasteiger partial charge is 0.451 e. The van der Waals surface area contributed by atoms with Gasteiger partial charge in [0, 0.05) is 11.8 Å². The number of halogens is 1. The van der Waals surface area contributed by atoms with Crippen LogP contribution in [0.2, 0.25) is 5.02 Å². The smallest absolute Gasteiger partial charge is 0.198 e. The molecule has 1 unspecified atom stereocenters. The maximum Gasteiger partial charge on any atom is 0.198 e. The van der Waals surface area contributed by atoms with E-state index in [-0.39, 0.29) is 11.2 Å². The van der Waals surface area contributed by atoms with Crippen LogP contribution in [0.5, 0.6) is 0 Å². The van der Waals surface area contributed by atoms with Gasteiger partial charge < -0.3 is 4.42 Å². The van der Waals surface area contributed by atoms with E-state index in [1.165, 1.54) is 0 Å². The Hall–Kier alpha value is -1.28. The molecule has 0 amide bonds. The van der Waals surface area contributed by atoms with E-state index in [9.17, 15) is 4.79 Å². The molecular weight excluding hydrogens is 272 g/mol. The van der Waals surface area contributed by atoms with Gasteiger partial charge in [-0.3, -0.25) is 4.79 Å². The fraction of sp³-hybridized carbons (Fsp3) is 0.471. The molecule has 0 aliphatic rings. The van der Waals surface area contributed by atoms with Gasteiger partial charge in [-0.15, -0.1) is 0 Å². The number of carbonyl (C=O) groups is 1. The molecule has 1 aromatic heterocycles. The van der Waals surface area contributed by atoms with Crippen molar-refractivity contribution >= 4 is 28.4 Å². The Labute approximate surface area is 125 Å². The zero-order valence-corrected chi connectivity index (χ0v) is 13.3. The Kier molecular flexibility index (Phi) is 4.24. The molecule has 0 bridgehead atoms. The molecule has 1 atom stereocenters. The van der Waals surface area contributed by atoms with Crippen molar-refractivity contribution in [3.63, 3.8) is 0 Å². The molecule has 1 heterocycles. The third kappa shape index (κ3) is 3.63. The molecule has 108 valence electrons. The van der Waals surface area contributed by atoms with Crippen molar-refractivity contribution in [2.75, 3.05) is 0 Å². The molecule has 2 nitrogen and oxygen atoms in total. The van der Waals surface area contributed by atoms with Crippen LogP contribution in [0.3, 0.4) is 0 Å². The van der Waals surface area contributed by atoms with Gasteiger partial charge in [0.05, 0.1) is 5.02 Å². The maximum absolute atomic E-state index is 12.3. The third-order valence-corrected chi connectivity index (χ3v) is 3.56. The zero-order valence-electron chi connectivity index (χ0n) is 12.5. The van der Waals surface area contributed by atoms with Gasteiger partial charge in [-0.05, 0) is 29.9 Å². The van der Waals surface area contributed by atoms with E-state index in [4.69, 9.17) is 16.0 Å². The van der Waals surface area contributed by atoms with Gasteiger partial charge >= 0.3 is 0 Å². The highest BCUT2D eigenvalue weighted by Gasteiger charge is 2.20. The van der Waals surface area contributed by atoms with Crippen molar-refractivity contribution in [1.29, 1.82) is 0 Å². The molecule has 0 saturated carbocycles. The fourth-order valence-corrected chi connectivity index (χ4v) is 2.92. The van der Waals surface area contributed by atoms with Crippen LogP contribution in [0.25, 0.3) is 11.0 Å². The van der Waals surface area contributed by atoms with E-state index in [1.54, 1.807) is 12.1 Å². The van der Waals surface area contributed by atoms with E-state index in [2.05, 4.69) is 27.7 Å². The van der Waals surface area contributed by atoms with Crippen LogP contribution in [0.15, 0.2) is 28.7 Å². The number of ketones is 1. The van der Waals surface area contributed by atoms with Crippen LogP contribution in [0, 0.1) is 11.3 Å². The van der Waals surface area contributed by atoms with Crippen molar-refractivity contribution in [2.24, 2.45) is 11.3 Å². The maximum atomic E-state index is 12.3. The number of hydrogen-bond acceptors (Lipinski definition) is 2. The highest BCUT2D eigenvalue weighted by atomic mass is 35.5. The number of benzene rings is 1. The predicted molar refractivity (Wildman–Crippen MR) is 83.4 cm³/mol. The third-order valence-electron chi connectivity index (χ3n) is 3.27. The standard InChI is InChI=1S/C17H21ClO2/c1-11(10-17(2,3)4)8-14(19)15-9-12-6-5-7-13(18)16(12)20-15/h5-7,9,11H,8,10H2,1-4H3. The summed E-state index contributed by atoms with van der Waals surface area (Å²) in [7, 11) is 0. The average Bonchev–Trinajstić information content (AvgIpc) is 2.71. The van der Waals surface area contributed by atoms with Gasteiger partial charge in [0.1, 0.15) is 0 Å². The van der Waals surface area contributed by atoms with Gasteiger partial charge in [-0.2, -0.15) is 0 Å². The second-order valence-corrected chi connectivity index (χ2v) is 7.17. The van der Waals surface area contributed by atoms with Gasteiger partial charge in [0.25, 0.3) is 0 Å². The van der Waals surface area contributed by atoms with Crippen LogP contribution >= 0.6 is 11.6 Å². The molecule has 3 heteroatoms. The monoisotopic (exact) mass is 292 g/mol. The quantitative estimate of drug-likeness (QED) is 0.673. The lowest BCUT2D eigenvalue weighted by Crippen LogP contribution is -2.14. The van der Waals surface area contributed by atoms with E-state index in [0.717, 1.165) is 11.8 Å². The SMILES string of the molecule is CC(CC(=O)c1cc2cccc(Cl)c2o1)CC(C)(C)C. The van der Waals surface area contributed by atoms with Gasteiger partial charge in [0.15, 0.2) is 17.1 Å². The Morgan fingerprint density at radius 2 is 2.05 bits per heavy atom. The summed E-state index contributed by atoms with van der Waals surface area (Å²) in [4.78, 5) is 12.3. The highest BCUT2D eigenvalue weighted by molar-refractivity contribution is 6.34. The van der Waals surface area contributed by atoms with Crippen molar-refractivity contribution in [3.05, 3.63) is 35.0 Å². The lowest BCUT2D eigenvalue weighted by atomic mass is 9.83. The molecule has 0 spiro atoms. The van der Waals surface area contributed by atoms with E-state index in [0.29, 0.717) is 28.7 Å². The van der Waals surface area contributed by atoms with Crippen LogP contribution in [0.1, 0.15) is 51.1 Å². The summed E-state index contributed by atoms with van der Waals surface area (Å²) in [6.45, 7) is 8.68. The topological polar surface area (TPSA) is 30.2 Å². The molecule has 0 fully saturated rings. The summed E-state index contributed by atoms with van der Waals surface area (Å²) >= 11 is 6.06. The number of hydrogen-bond donors (Lipinski definition) is 0. The van der Waals surface area contributed by atoms with Crippen molar-refractivity contribution < 1.29 is 9.21 Å². The van der Waals surface area contributed by atoms with E-state index < -0.39 is 0 Å². The van der Waals surface area contributed by atoms with Crippen LogP contribution in [-0.2, 0) is 0 Å². The van der Waals surface area contributed by atoms with E-state index in [1.807, 2.05) is 12.1 Å². The summed E-state index contributed by atoms with van der Waals surface area (Å²) < 4.78 is 5.61. The van der Waals surface area contributed by atoms with Gasteiger partial charge in [-0.25, -0.2) is 0 Å². The molecule has 0 aliphatic carbocycles. The molecule has 2 aromatic rings. The Morgan fingerprint density at radius 1 is 1.35 bits per heavy atom. The summed E-state index contributed by atoms with van der Waals surface area (Å²) in [5.74, 6) is 0.800. The molecule has 0 radical (unpaired) electrons. The predicted octanol–water partition coefficient (Wildman–Crippen LogP) is 5.73. The number of Topliss-reactive ketones (excluding diaryl/α,β-unsaturated/α-hetero) is 1. The van der Waals surface area contributed by atoms with Crippen molar-refractivity contribution in [2.45, 2.75) is 40.5 Å². The number of fused-ring (bicyclic) bond motifs is 1. The Balaban J connectivity index is 2.14. The highest BCUT2D eigenvalue weighted by Crippen LogP contribution is 2.30. The number of furan rings is 1. The van der Waals surface area contributed by atoms with Gasteiger partial charge in [0.2, 0.25) is 0 Å². The summed E-state index contributed by atoms with van der Waals surface area (Å²) in [6.07, 6.45) is 1.52. The first-order valence-electron chi connectivity index (χ1n) is 6.97. The molecule has 0 saturated heterocycles. The van der Waals surface area contributed by atoms with Crippen LogP contribution in [0.4, 0.5) is 0 Å². The minimum Gasteiger partial charge on any atom is -0.451 e. The van der Waals surface area contributed by atoms with Crippen molar-refractivity contribution in [1.82, 2.24) is 0 Å². The zero-order chi connectivity index (χ0) is 14.9. The summed E-state index contributed by atoms with van der Waals surface area (Å²) in [6, 6.07) is 7.31. The second-order valence-electron chi connectivity index (χ2n) is 6.77. The van der Waals surface area contributed by atoms with Gasteiger partial charge in [-0.1, -0.05) is 51.4 Å². The molecule has 1 aromatic carbocycles. The fourth-order valence-electron chi connectivity index (χ4n) is 2.70. The van der Waals surface area contributed by atoms with E-state index >= 15 is 0 Å². The number of para-hydroxylation sites is 1. The first-order chi connectivity index (χ1) is 9.26. The van der Waals surface area contributed by atoms with Crippen molar-refractivity contribution in [3.8, 4) is 0 Å². The lowest BCUT2D eigenvalue weighted by molar-refractivity contribution is 0.0929. The normalized spacial score (nSPS) is 13.7. The average molecular weight is 293 g/mol. The molecule has 0 aliphatic heterocycles. The lowest BCUT2D eigenvalue weighted by Gasteiger charge is -2.22. The first-order valence-corrected chi connectivity index (χ1v) is 7.35. The summed E-state index contributed by atoms with van der Waals surface area (Å²) in [5, 5.41) is 1.42. The molecule has 0 N–H and O–H groups in total. The number of rotatable bonds is 4. The molecule has 2 rings (SSSR count). The molecule has 20 heavy (non-hydrogen) atoms. The number of carbonyl (C=O) groups excluding carboxylic acids is 1. The second kappa shape index (κ2) is 5.61. The first kappa shape index (κ1) is 15.1. The minimum atomic E-state index is 0.0500.